The summed E-state index contributed by atoms with van der Waals surface area (Å²) in [5, 5.41) is 3.25. The van der Waals surface area contributed by atoms with Crippen molar-refractivity contribution in [2.75, 3.05) is 48.5 Å². The van der Waals surface area contributed by atoms with Crippen LogP contribution in [0.25, 0.3) is 0 Å². The summed E-state index contributed by atoms with van der Waals surface area (Å²) in [6.07, 6.45) is -7.79. The number of carbonyl (C=O) groups excluding carboxylic acids is 2. The Labute approximate surface area is 296 Å². The van der Waals surface area contributed by atoms with E-state index < -0.39 is 35.6 Å². The highest BCUT2D eigenvalue weighted by atomic mass is 19.4. The van der Waals surface area contributed by atoms with Crippen LogP contribution in [0.2, 0.25) is 0 Å². The number of esters is 1. The molecule has 2 aromatic heterocycles. The molecule has 2 aliphatic rings. The number of amides is 1. The number of pyridine rings is 1. The number of halogens is 6. The second-order valence-corrected chi connectivity index (χ2v) is 12.5. The van der Waals surface area contributed by atoms with Gasteiger partial charge < -0.3 is 24.4 Å². The number of nitrogens with one attached hydrogen (secondary N) is 1. The molecule has 0 aliphatic carbocycles. The third-order valence-electron chi connectivity index (χ3n) is 9.11. The fraction of sp³-hybridized carbons (Fsp3) is 0.514. The average molecular weight is 739 g/mol. The van der Waals surface area contributed by atoms with Gasteiger partial charge in [-0.1, -0.05) is 6.92 Å². The minimum absolute atomic E-state index is 0.0446. The maximum Gasteiger partial charge on any atom is 0.416 e. The minimum atomic E-state index is -5.03. The molecule has 1 N–H and O–H groups in total. The molecule has 4 heterocycles. The van der Waals surface area contributed by atoms with Crippen LogP contribution in [0.1, 0.15) is 80.6 Å². The molecule has 0 radical (unpaired) electrons. The first kappa shape index (κ1) is 38.4. The number of piperidine rings is 1. The third-order valence-corrected chi connectivity index (χ3v) is 9.11. The molecule has 52 heavy (non-hydrogen) atoms. The number of rotatable bonds is 10. The molecule has 3 aromatic rings. The molecule has 5 rings (SSSR count). The molecule has 1 aromatic carbocycles. The van der Waals surface area contributed by atoms with Crippen molar-refractivity contribution in [3.8, 4) is 5.88 Å². The Morgan fingerprint density at radius 1 is 0.904 bits per heavy atom. The molecule has 2 atom stereocenters. The number of methoxy groups -OCH3 is 1. The van der Waals surface area contributed by atoms with Crippen molar-refractivity contribution in [3.05, 3.63) is 64.6 Å². The van der Waals surface area contributed by atoms with Crippen molar-refractivity contribution in [3.63, 3.8) is 0 Å². The summed E-state index contributed by atoms with van der Waals surface area (Å²) >= 11 is 0. The van der Waals surface area contributed by atoms with Crippen molar-refractivity contribution < 1.29 is 50.1 Å². The van der Waals surface area contributed by atoms with Gasteiger partial charge in [0.25, 0.3) is 0 Å². The Hall–Kier alpha value is -4.83. The van der Waals surface area contributed by atoms with Gasteiger partial charge in [0.1, 0.15) is 0 Å². The van der Waals surface area contributed by atoms with Gasteiger partial charge in [0.05, 0.1) is 72.4 Å². The first-order valence-electron chi connectivity index (χ1n) is 17.0. The molecule has 0 bridgehead atoms. The summed E-state index contributed by atoms with van der Waals surface area (Å²) in [5.74, 6) is -0.358. The Balaban J connectivity index is 1.55. The molecular weight excluding hydrogens is 698 g/mol. The first-order valence-corrected chi connectivity index (χ1v) is 17.0. The Morgan fingerprint density at radius 2 is 1.56 bits per heavy atom. The van der Waals surface area contributed by atoms with E-state index in [1.807, 2.05) is 11.8 Å². The predicted octanol–water partition coefficient (Wildman–Crippen LogP) is 7.59. The van der Waals surface area contributed by atoms with Gasteiger partial charge in [0.15, 0.2) is 0 Å². The highest BCUT2D eigenvalue weighted by Gasteiger charge is 2.39. The van der Waals surface area contributed by atoms with Crippen LogP contribution in [-0.2, 0) is 33.0 Å². The number of anilines is 3. The van der Waals surface area contributed by atoms with Crippen molar-refractivity contribution in [2.24, 2.45) is 5.92 Å². The molecular formula is C35H40F6N6O5. The highest BCUT2D eigenvalue weighted by Crippen LogP contribution is 2.41. The second kappa shape index (κ2) is 15.8. The smallest absolute Gasteiger partial charge is 0.416 e. The molecule has 2 aliphatic heterocycles. The van der Waals surface area contributed by atoms with E-state index in [0.29, 0.717) is 68.0 Å². The van der Waals surface area contributed by atoms with E-state index in [2.05, 4.69) is 20.3 Å². The molecule has 2 unspecified atom stereocenters. The monoisotopic (exact) mass is 738 g/mol. The largest absolute Gasteiger partial charge is 0.481 e. The van der Waals surface area contributed by atoms with Gasteiger partial charge in [-0.25, -0.2) is 19.7 Å². The maximum atomic E-state index is 13.8. The quantitative estimate of drug-likeness (QED) is 0.165. The summed E-state index contributed by atoms with van der Waals surface area (Å²) < 4.78 is 98.6. The van der Waals surface area contributed by atoms with Gasteiger partial charge in [-0.3, -0.25) is 9.69 Å². The van der Waals surface area contributed by atoms with E-state index in [0.717, 1.165) is 0 Å². The number of ether oxygens (including phenoxy) is 3. The molecule has 0 spiro atoms. The minimum Gasteiger partial charge on any atom is -0.481 e. The molecule has 0 saturated carbocycles. The number of hydrogen-bond donors (Lipinski definition) is 1. The van der Waals surface area contributed by atoms with Crippen molar-refractivity contribution in [2.45, 2.75) is 77.3 Å². The summed E-state index contributed by atoms with van der Waals surface area (Å²) in [6.45, 7) is 6.42. The summed E-state index contributed by atoms with van der Waals surface area (Å²) in [4.78, 5) is 42.6. The van der Waals surface area contributed by atoms with Crippen LogP contribution in [0, 0.1) is 5.92 Å². The standard InChI is InChI=1S/C35H40F6N6O5/c1-5-24-18-26(30-27(8-9-29(45-30)50-4)47(24)33(49)52-7-3)44-32-42-19-28(46-12-10-21(11-13-46)31(48)51-6-2)25(43-32)16-20-14-22(34(36,37)38)17-23(15-20)35(39,40)41/h8-9,14-15,17,19,21,24,26H,5-7,10-13,16,18H2,1-4H3,(H,42,43,44). The van der Waals surface area contributed by atoms with Crippen molar-refractivity contribution in [1.82, 2.24) is 15.0 Å². The lowest BCUT2D eigenvalue weighted by Gasteiger charge is -2.39. The third kappa shape index (κ3) is 8.61. The van der Waals surface area contributed by atoms with Crippen LogP contribution in [0.15, 0.2) is 36.5 Å². The van der Waals surface area contributed by atoms with Gasteiger partial charge in [0.2, 0.25) is 11.8 Å². The van der Waals surface area contributed by atoms with E-state index in [1.165, 1.54) is 18.2 Å². The zero-order valence-corrected chi connectivity index (χ0v) is 29.1. The number of aromatic nitrogens is 3. The van der Waals surface area contributed by atoms with E-state index in [1.54, 1.807) is 26.0 Å². The van der Waals surface area contributed by atoms with Crippen LogP contribution >= 0.6 is 0 Å². The van der Waals surface area contributed by atoms with E-state index in [9.17, 15) is 35.9 Å². The number of benzene rings is 1. The maximum absolute atomic E-state index is 13.8. The number of carbonyl (C=O) groups is 2. The van der Waals surface area contributed by atoms with Crippen LogP contribution < -0.4 is 19.9 Å². The second-order valence-electron chi connectivity index (χ2n) is 12.5. The highest BCUT2D eigenvalue weighted by molar-refractivity contribution is 5.90. The van der Waals surface area contributed by atoms with E-state index in [-0.39, 0.29) is 66.7 Å². The molecule has 1 amide bonds. The van der Waals surface area contributed by atoms with Crippen LogP contribution in [-0.4, -0.2) is 66.5 Å². The fourth-order valence-electron chi connectivity index (χ4n) is 6.59. The van der Waals surface area contributed by atoms with Gasteiger partial charge in [-0.15, -0.1) is 0 Å². The molecule has 11 nitrogen and oxygen atoms in total. The van der Waals surface area contributed by atoms with Gasteiger partial charge in [0, 0.05) is 31.6 Å². The van der Waals surface area contributed by atoms with Crippen LogP contribution in [0.5, 0.6) is 5.88 Å². The molecule has 1 saturated heterocycles. The Bertz CT molecular complexity index is 1720. The normalized spacial score (nSPS) is 18.1. The lowest BCUT2D eigenvalue weighted by atomic mass is 9.93. The number of nitrogens with zero attached hydrogens (tertiary/aromatic N) is 5. The summed E-state index contributed by atoms with van der Waals surface area (Å²) in [7, 11) is 1.44. The Kier molecular flexibility index (Phi) is 11.7. The lowest BCUT2D eigenvalue weighted by molar-refractivity contribution is -0.148. The molecule has 17 heteroatoms. The van der Waals surface area contributed by atoms with Gasteiger partial charge in [-0.05, 0) is 69.4 Å². The number of fused-ring (bicyclic) bond motifs is 1. The summed E-state index contributed by atoms with van der Waals surface area (Å²) in [6, 6.07) is 3.85. The van der Waals surface area contributed by atoms with Crippen molar-refractivity contribution in [1.29, 1.82) is 0 Å². The fourth-order valence-corrected chi connectivity index (χ4v) is 6.59. The SMILES string of the molecule is CCOC(=O)C1CCN(c2cnc(NC3CC(CC)N(C(=O)OCC)c4ccc(OC)nc43)nc2Cc2cc(C(F)(F)F)cc(C(F)(F)F)c2)CC1. The average Bonchev–Trinajstić information content (AvgIpc) is 3.10. The van der Waals surface area contributed by atoms with E-state index in [4.69, 9.17) is 14.2 Å². The van der Waals surface area contributed by atoms with Crippen LogP contribution in [0.3, 0.4) is 0 Å². The summed E-state index contributed by atoms with van der Waals surface area (Å²) in [5.41, 5.74) is -1.63. The molecule has 282 valence electrons. The van der Waals surface area contributed by atoms with Gasteiger partial charge in [-0.2, -0.15) is 26.3 Å². The lowest BCUT2D eigenvalue weighted by Crippen LogP contribution is -2.46. The zero-order chi connectivity index (χ0) is 37.8. The molecule has 1 fully saturated rings. The number of hydrogen-bond acceptors (Lipinski definition) is 10. The predicted molar refractivity (Wildman–Crippen MR) is 178 cm³/mol. The Morgan fingerprint density at radius 3 is 2.13 bits per heavy atom. The zero-order valence-electron chi connectivity index (χ0n) is 29.1. The van der Waals surface area contributed by atoms with Crippen LogP contribution in [0.4, 0.5) is 48.5 Å². The van der Waals surface area contributed by atoms with E-state index >= 15 is 0 Å². The van der Waals surface area contributed by atoms with Gasteiger partial charge >= 0.3 is 24.4 Å². The topological polar surface area (TPSA) is 119 Å². The first-order chi connectivity index (χ1) is 24.7. The number of alkyl halides is 6. The van der Waals surface area contributed by atoms with Crippen molar-refractivity contribution >= 4 is 29.4 Å².